The molecule has 9 nitrogen and oxygen atoms in total. The smallest absolute Gasteiger partial charge is 0.247 e. The Kier molecular flexibility index (Phi) is 11.8. The highest BCUT2D eigenvalue weighted by molar-refractivity contribution is 14.1. The minimum absolute atomic E-state index is 0.0765. The molecule has 0 heterocycles. The van der Waals surface area contributed by atoms with Gasteiger partial charge in [0.25, 0.3) is 0 Å². The van der Waals surface area contributed by atoms with E-state index in [0.29, 0.717) is 32.5 Å². The highest BCUT2D eigenvalue weighted by Gasteiger charge is 2.43. The Morgan fingerprint density at radius 3 is 2.48 bits per heavy atom. The van der Waals surface area contributed by atoms with Crippen LogP contribution < -0.4 is 14.8 Å². The summed E-state index contributed by atoms with van der Waals surface area (Å²) in [6.45, 7) is -0.139. The van der Waals surface area contributed by atoms with Crippen LogP contribution in [0, 0.1) is 3.57 Å². The SMILES string of the molecule is COc1cc(C=O)cc(I)c1OC1C=C(C(=O)NCCO)CC(N(C(=O)Cc2ccccc2)C2CCCCCC2)C1O. The zero-order valence-corrected chi connectivity index (χ0v) is 26.0. The molecule has 0 radical (unpaired) electrons. The van der Waals surface area contributed by atoms with Gasteiger partial charge in [0.2, 0.25) is 11.8 Å². The van der Waals surface area contributed by atoms with E-state index < -0.39 is 18.2 Å². The van der Waals surface area contributed by atoms with Crippen LogP contribution in [0.4, 0.5) is 0 Å². The van der Waals surface area contributed by atoms with Crippen molar-refractivity contribution < 1.29 is 34.1 Å². The molecule has 0 aliphatic heterocycles. The summed E-state index contributed by atoms with van der Waals surface area (Å²) < 4.78 is 12.5. The second kappa shape index (κ2) is 15.5. The molecule has 2 aliphatic carbocycles. The van der Waals surface area contributed by atoms with Crippen molar-refractivity contribution in [2.24, 2.45) is 0 Å². The van der Waals surface area contributed by atoms with E-state index in [1.165, 1.54) is 7.11 Å². The first-order valence-corrected chi connectivity index (χ1v) is 15.6. The Bertz CT molecular complexity index is 1260. The standard InChI is InChI=1S/C32H39IN2O7/c1-41-28-16-22(20-37)15-25(33)31(28)42-27-19-23(32(40)34-13-14-36)18-26(30(27)39)35(24-11-7-2-3-8-12-24)29(38)17-21-9-5-4-6-10-21/h4-6,9-10,15-16,19-20,24,26-27,30,36,39H,2-3,7-8,11-14,17-18H2,1H3,(H,34,40). The molecule has 1 fully saturated rings. The third-order valence-electron chi connectivity index (χ3n) is 7.92. The molecule has 1 saturated carbocycles. The molecule has 0 spiro atoms. The van der Waals surface area contributed by atoms with Crippen molar-refractivity contribution in [2.45, 2.75) is 75.7 Å². The van der Waals surface area contributed by atoms with Crippen LogP contribution in [0.1, 0.15) is 60.9 Å². The molecule has 2 amide bonds. The van der Waals surface area contributed by atoms with Crippen molar-refractivity contribution in [2.75, 3.05) is 20.3 Å². The Morgan fingerprint density at radius 2 is 1.83 bits per heavy atom. The molecule has 3 N–H and O–H groups in total. The van der Waals surface area contributed by atoms with Gasteiger partial charge in [0.15, 0.2) is 11.5 Å². The number of rotatable bonds is 11. The average molecular weight is 691 g/mol. The van der Waals surface area contributed by atoms with Crippen LogP contribution in [0.3, 0.4) is 0 Å². The highest BCUT2D eigenvalue weighted by Crippen LogP contribution is 2.38. The molecule has 226 valence electrons. The van der Waals surface area contributed by atoms with E-state index >= 15 is 0 Å². The van der Waals surface area contributed by atoms with Crippen LogP contribution in [-0.4, -0.2) is 77.8 Å². The predicted octanol–water partition coefficient (Wildman–Crippen LogP) is 3.82. The van der Waals surface area contributed by atoms with Gasteiger partial charge >= 0.3 is 0 Å². The summed E-state index contributed by atoms with van der Waals surface area (Å²) in [6, 6.07) is 11.9. The summed E-state index contributed by atoms with van der Waals surface area (Å²) in [7, 11) is 1.46. The monoisotopic (exact) mass is 690 g/mol. The van der Waals surface area contributed by atoms with Crippen LogP contribution in [0.2, 0.25) is 0 Å². The topological polar surface area (TPSA) is 125 Å². The maximum absolute atomic E-state index is 14.1. The molecule has 2 aromatic carbocycles. The fourth-order valence-electron chi connectivity index (χ4n) is 5.86. The number of ether oxygens (including phenoxy) is 2. The minimum Gasteiger partial charge on any atom is -0.493 e. The third-order valence-corrected chi connectivity index (χ3v) is 8.72. The minimum atomic E-state index is -1.14. The molecular weight excluding hydrogens is 651 g/mol. The molecule has 2 aromatic rings. The van der Waals surface area contributed by atoms with Gasteiger partial charge in [0.05, 0.1) is 29.7 Å². The number of methoxy groups -OCH3 is 1. The molecule has 2 aliphatic rings. The number of aliphatic hydroxyl groups excluding tert-OH is 2. The highest BCUT2D eigenvalue weighted by atomic mass is 127. The number of aldehydes is 1. The molecule has 10 heteroatoms. The lowest BCUT2D eigenvalue weighted by Crippen LogP contribution is -2.58. The van der Waals surface area contributed by atoms with Gasteiger partial charge in [0.1, 0.15) is 18.5 Å². The van der Waals surface area contributed by atoms with E-state index in [2.05, 4.69) is 5.32 Å². The summed E-state index contributed by atoms with van der Waals surface area (Å²) in [5.41, 5.74) is 1.66. The second-order valence-electron chi connectivity index (χ2n) is 10.8. The molecule has 0 bridgehead atoms. The summed E-state index contributed by atoms with van der Waals surface area (Å²) in [4.78, 5) is 40.5. The van der Waals surface area contributed by atoms with Crippen molar-refractivity contribution in [1.82, 2.24) is 10.2 Å². The molecule has 0 saturated heterocycles. The number of carbonyl (C=O) groups excluding carboxylic acids is 3. The van der Waals surface area contributed by atoms with Gasteiger partial charge in [0, 0.05) is 30.1 Å². The van der Waals surface area contributed by atoms with Crippen LogP contribution in [0.5, 0.6) is 11.5 Å². The lowest BCUT2D eigenvalue weighted by Gasteiger charge is -2.44. The zero-order valence-electron chi connectivity index (χ0n) is 23.8. The number of aliphatic hydroxyl groups is 2. The second-order valence-corrected chi connectivity index (χ2v) is 11.9. The van der Waals surface area contributed by atoms with E-state index in [1.807, 2.05) is 57.8 Å². The average Bonchev–Trinajstić information content (AvgIpc) is 3.28. The van der Waals surface area contributed by atoms with Crippen molar-refractivity contribution >= 4 is 40.7 Å². The number of benzene rings is 2. The van der Waals surface area contributed by atoms with Gasteiger partial charge in [-0.1, -0.05) is 56.0 Å². The lowest BCUT2D eigenvalue weighted by molar-refractivity contribution is -0.142. The summed E-state index contributed by atoms with van der Waals surface area (Å²) in [5.74, 6) is 0.162. The van der Waals surface area contributed by atoms with E-state index in [0.717, 1.165) is 44.1 Å². The maximum atomic E-state index is 14.1. The van der Waals surface area contributed by atoms with Gasteiger partial charge in [-0.05, 0) is 59.2 Å². The van der Waals surface area contributed by atoms with Gasteiger partial charge in [-0.3, -0.25) is 14.4 Å². The fraction of sp³-hybridized carbons (Fsp3) is 0.469. The summed E-state index contributed by atoms with van der Waals surface area (Å²) in [6.07, 6.45) is 6.31. The van der Waals surface area contributed by atoms with Gasteiger partial charge in [-0.2, -0.15) is 0 Å². The molecule has 42 heavy (non-hydrogen) atoms. The maximum Gasteiger partial charge on any atom is 0.247 e. The van der Waals surface area contributed by atoms with E-state index in [4.69, 9.17) is 9.47 Å². The van der Waals surface area contributed by atoms with Crippen LogP contribution in [0.25, 0.3) is 0 Å². The normalized spacial score (nSPS) is 21.0. The fourth-order valence-corrected chi connectivity index (χ4v) is 6.62. The Labute approximate surface area is 260 Å². The Balaban J connectivity index is 1.73. The first kappa shape index (κ1) is 32.0. The lowest BCUT2D eigenvalue weighted by atomic mass is 9.86. The van der Waals surface area contributed by atoms with E-state index in [1.54, 1.807) is 18.2 Å². The number of carbonyl (C=O) groups is 3. The van der Waals surface area contributed by atoms with Crippen LogP contribution in [0.15, 0.2) is 54.1 Å². The largest absolute Gasteiger partial charge is 0.493 e. The quantitative estimate of drug-likeness (QED) is 0.186. The predicted molar refractivity (Wildman–Crippen MR) is 167 cm³/mol. The number of nitrogens with one attached hydrogen (secondary N) is 1. The van der Waals surface area contributed by atoms with Crippen LogP contribution >= 0.6 is 22.6 Å². The summed E-state index contributed by atoms with van der Waals surface area (Å²) >= 11 is 2.04. The number of hydrogen-bond donors (Lipinski definition) is 3. The first-order valence-electron chi connectivity index (χ1n) is 14.5. The van der Waals surface area contributed by atoms with Crippen LogP contribution in [-0.2, 0) is 16.0 Å². The molecule has 3 unspecified atom stereocenters. The van der Waals surface area contributed by atoms with Crippen molar-refractivity contribution in [3.05, 3.63) is 68.8 Å². The first-order chi connectivity index (χ1) is 20.4. The summed E-state index contributed by atoms with van der Waals surface area (Å²) in [5, 5.41) is 23.9. The zero-order chi connectivity index (χ0) is 30.1. The molecular formula is C32H39IN2O7. The van der Waals surface area contributed by atoms with Crippen molar-refractivity contribution in [3.63, 3.8) is 0 Å². The molecule has 3 atom stereocenters. The third kappa shape index (κ3) is 7.90. The molecule has 4 rings (SSSR count). The van der Waals surface area contributed by atoms with Crippen molar-refractivity contribution in [3.8, 4) is 11.5 Å². The van der Waals surface area contributed by atoms with Crippen molar-refractivity contribution in [1.29, 1.82) is 0 Å². The number of halogens is 1. The van der Waals surface area contributed by atoms with Gasteiger partial charge in [-0.15, -0.1) is 0 Å². The Morgan fingerprint density at radius 1 is 1.12 bits per heavy atom. The Hall–Kier alpha value is -2.96. The number of nitrogens with zero attached hydrogens (tertiary/aromatic N) is 1. The number of hydrogen-bond acceptors (Lipinski definition) is 7. The molecule has 0 aromatic heterocycles. The number of amides is 2. The van der Waals surface area contributed by atoms with Gasteiger partial charge < -0.3 is 29.9 Å². The van der Waals surface area contributed by atoms with E-state index in [-0.39, 0.29) is 43.8 Å². The van der Waals surface area contributed by atoms with E-state index in [9.17, 15) is 24.6 Å². The van der Waals surface area contributed by atoms with Gasteiger partial charge in [-0.25, -0.2) is 0 Å².